The zero-order chi connectivity index (χ0) is 17.0. The van der Waals surface area contributed by atoms with Gasteiger partial charge in [-0.05, 0) is 30.3 Å². The van der Waals surface area contributed by atoms with Crippen LogP contribution < -0.4 is 4.74 Å². The molecule has 2 rings (SSSR count). The lowest BCUT2D eigenvalue weighted by Gasteiger charge is -2.11. The molecule has 0 unspecified atom stereocenters. The number of ether oxygens (including phenoxy) is 2. The van der Waals surface area contributed by atoms with Gasteiger partial charge in [0, 0.05) is 0 Å². The molecule has 0 radical (unpaired) electrons. The fourth-order valence-electron chi connectivity index (χ4n) is 1.72. The Balaban J connectivity index is 2.11. The Morgan fingerprint density at radius 3 is 2.61 bits per heavy atom. The minimum Gasteiger partial charge on any atom is -0.486 e. The molecule has 0 aliphatic heterocycles. The second kappa shape index (κ2) is 6.87. The van der Waals surface area contributed by atoms with E-state index in [9.17, 15) is 18.0 Å². The summed E-state index contributed by atoms with van der Waals surface area (Å²) in [5.41, 5.74) is -0.350. The van der Waals surface area contributed by atoms with E-state index in [-0.39, 0.29) is 23.1 Å². The van der Waals surface area contributed by atoms with Crippen LogP contribution in [0.5, 0.6) is 5.75 Å². The molecule has 1 heterocycles. The number of benzene rings is 1. The van der Waals surface area contributed by atoms with Crippen LogP contribution in [0.25, 0.3) is 0 Å². The van der Waals surface area contributed by atoms with Crippen LogP contribution in [-0.2, 0) is 17.5 Å². The molecule has 0 amide bonds. The second-order valence-electron chi connectivity index (χ2n) is 4.44. The van der Waals surface area contributed by atoms with E-state index in [2.05, 4.69) is 9.72 Å². The van der Waals surface area contributed by atoms with Crippen LogP contribution in [0, 0.1) is 0 Å². The van der Waals surface area contributed by atoms with Crippen molar-refractivity contribution in [3.05, 3.63) is 58.4 Å². The Labute approximate surface area is 134 Å². The predicted octanol–water partition coefficient (Wildman–Crippen LogP) is 4.12. The van der Waals surface area contributed by atoms with Gasteiger partial charge in [0.1, 0.15) is 18.1 Å². The van der Waals surface area contributed by atoms with Crippen LogP contribution in [-0.4, -0.2) is 18.1 Å². The molecule has 0 saturated carbocycles. The third kappa shape index (κ3) is 4.35. The number of rotatable bonds is 4. The number of nitrogens with zero attached hydrogens (tertiary/aromatic N) is 1. The molecule has 0 saturated heterocycles. The van der Waals surface area contributed by atoms with Crippen LogP contribution in [0.2, 0.25) is 5.02 Å². The maximum atomic E-state index is 12.6. The van der Waals surface area contributed by atoms with Crippen molar-refractivity contribution in [1.82, 2.24) is 4.98 Å². The highest BCUT2D eigenvalue weighted by Crippen LogP contribution is 2.34. The SMILES string of the molecule is COC(=O)c1cccc(COc2ccc(C(F)(F)F)cc2Cl)n1. The standard InChI is InChI=1S/C15H11ClF3NO3/c1-22-14(21)12-4-2-3-10(20-12)8-23-13-6-5-9(7-11(13)16)15(17,18)19/h2-7H,8H2,1H3. The molecular weight excluding hydrogens is 335 g/mol. The van der Waals surface area contributed by atoms with Gasteiger partial charge in [0.05, 0.1) is 23.4 Å². The van der Waals surface area contributed by atoms with Gasteiger partial charge in [-0.2, -0.15) is 13.2 Å². The number of halogens is 4. The predicted molar refractivity (Wildman–Crippen MR) is 76.4 cm³/mol. The highest BCUT2D eigenvalue weighted by Gasteiger charge is 2.31. The minimum absolute atomic E-state index is 0.0596. The Kier molecular flexibility index (Phi) is 5.10. The minimum atomic E-state index is -4.47. The number of pyridine rings is 1. The molecule has 8 heteroatoms. The summed E-state index contributed by atoms with van der Waals surface area (Å²) in [6.45, 7) is -0.0596. The molecule has 0 N–H and O–H groups in total. The molecule has 2 aromatic rings. The molecule has 0 aliphatic carbocycles. The van der Waals surface area contributed by atoms with Crippen molar-refractivity contribution < 1.29 is 27.4 Å². The molecule has 0 fully saturated rings. The van der Waals surface area contributed by atoms with E-state index in [4.69, 9.17) is 16.3 Å². The van der Waals surface area contributed by atoms with Gasteiger partial charge in [-0.25, -0.2) is 9.78 Å². The number of esters is 1. The quantitative estimate of drug-likeness (QED) is 0.782. The molecule has 1 aromatic heterocycles. The largest absolute Gasteiger partial charge is 0.486 e. The van der Waals surface area contributed by atoms with Crippen molar-refractivity contribution in [1.29, 1.82) is 0 Å². The Morgan fingerprint density at radius 2 is 2.00 bits per heavy atom. The van der Waals surface area contributed by atoms with Gasteiger partial charge >= 0.3 is 12.1 Å². The Bertz CT molecular complexity index is 719. The maximum Gasteiger partial charge on any atom is 0.416 e. The highest BCUT2D eigenvalue weighted by molar-refractivity contribution is 6.32. The fourth-order valence-corrected chi connectivity index (χ4v) is 1.96. The van der Waals surface area contributed by atoms with Crippen molar-refractivity contribution in [2.24, 2.45) is 0 Å². The number of hydrogen-bond acceptors (Lipinski definition) is 4. The molecular formula is C15H11ClF3NO3. The van der Waals surface area contributed by atoms with Crippen LogP contribution in [0.15, 0.2) is 36.4 Å². The van der Waals surface area contributed by atoms with Crippen molar-refractivity contribution in [3.63, 3.8) is 0 Å². The number of methoxy groups -OCH3 is 1. The van der Waals surface area contributed by atoms with Gasteiger partial charge in [0.2, 0.25) is 0 Å². The first-order valence-electron chi connectivity index (χ1n) is 6.35. The molecule has 0 spiro atoms. The normalized spacial score (nSPS) is 11.2. The molecule has 122 valence electrons. The summed E-state index contributed by atoms with van der Waals surface area (Å²) < 4.78 is 47.5. The first kappa shape index (κ1) is 17.1. The van der Waals surface area contributed by atoms with E-state index >= 15 is 0 Å². The first-order valence-corrected chi connectivity index (χ1v) is 6.73. The molecule has 0 atom stereocenters. The number of carbonyl (C=O) groups is 1. The molecule has 0 aliphatic rings. The monoisotopic (exact) mass is 345 g/mol. The lowest BCUT2D eigenvalue weighted by atomic mass is 10.2. The van der Waals surface area contributed by atoms with E-state index < -0.39 is 17.7 Å². The zero-order valence-corrected chi connectivity index (χ0v) is 12.6. The van der Waals surface area contributed by atoms with Gasteiger partial charge in [0.15, 0.2) is 0 Å². The van der Waals surface area contributed by atoms with Crippen molar-refractivity contribution in [2.45, 2.75) is 12.8 Å². The summed E-state index contributed by atoms with van der Waals surface area (Å²) in [6, 6.07) is 7.46. The highest BCUT2D eigenvalue weighted by atomic mass is 35.5. The van der Waals surface area contributed by atoms with E-state index in [1.54, 1.807) is 12.1 Å². The maximum absolute atomic E-state index is 12.6. The summed E-state index contributed by atoms with van der Waals surface area (Å²) >= 11 is 5.79. The summed E-state index contributed by atoms with van der Waals surface area (Å²) in [6.07, 6.45) is -4.47. The number of carbonyl (C=O) groups excluding carboxylic acids is 1. The van der Waals surface area contributed by atoms with Gasteiger partial charge < -0.3 is 9.47 Å². The molecule has 1 aromatic carbocycles. The van der Waals surface area contributed by atoms with E-state index in [1.807, 2.05) is 0 Å². The van der Waals surface area contributed by atoms with Crippen molar-refractivity contribution in [3.8, 4) is 5.75 Å². The van der Waals surface area contributed by atoms with Crippen molar-refractivity contribution in [2.75, 3.05) is 7.11 Å². The van der Waals surface area contributed by atoms with Crippen LogP contribution in [0.4, 0.5) is 13.2 Å². The number of aromatic nitrogens is 1. The average molecular weight is 346 g/mol. The summed E-state index contributed by atoms with van der Waals surface area (Å²) in [5, 5.41) is -0.163. The van der Waals surface area contributed by atoms with Crippen LogP contribution in [0.3, 0.4) is 0 Å². The topological polar surface area (TPSA) is 48.4 Å². The van der Waals surface area contributed by atoms with Crippen molar-refractivity contribution >= 4 is 17.6 Å². The Hall–Kier alpha value is -2.28. The second-order valence-corrected chi connectivity index (χ2v) is 4.84. The third-order valence-corrected chi connectivity index (χ3v) is 3.13. The zero-order valence-electron chi connectivity index (χ0n) is 11.9. The number of hydrogen-bond donors (Lipinski definition) is 0. The molecule has 4 nitrogen and oxygen atoms in total. The lowest BCUT2D eigenvalue weighted by Crippen LogP contribution is -2.08. The van der Waals surface area contributed by atoms with Gasteiger partial charge in [0.25, 0.3) is 0 Å². The van der Waals surface area contributed by atoms with Gasteiger partial charge in [-0.1, -0.05) is 17.7 Å². The van der Waals surface area contributed by atoms with E-state index in [0.717, 1.165) is 18.2 Å². The van der Waals surface area contributed by atoms with Crippen LogP contribution in [0.1, 0.15) is 21.7 Å². The van der Waals surface area contributed by atoms with E-state index in [1.165, 1.54) is 13.2 Å². The first-order chi connectivity index (χ1) is 10.8. The lowest BCUT2D eigenvalue weighted by molar-refractivity contribution is -0.137. The third-order valence-electron chi connectivity index (χ3n) is 2.84. The van der Waals surface area contributed by atoms with Gasteiger partial charge in [-0.3, -0.25) is 0 Å². The fraction of sp³-hybridized carbons (Fsp3) is 0.200. The van der Waals surface area contributed by atoms with Gasteiger partial charge in [-0.15, -0.1) is 0 Å². The molecule has 23 heavy (non-hydrogen) atoms. The Morgan fingerprint density at radius 1 is 1.26 bits per heavy atom. The molecule has 0 bridgehead atoms. The average Bonchev–Trinajstić information content (AvgIpc) is 2.52. The summed E-state index contributed by atoms with van der Waals surface area (Å²) in [5.74, 6) is -0.510. The smallest absolute Gasteiger partial charge is 0.416 e. The summed E-state index contributed by atoms with van der Waals surface area (Å²) in [7, 11) is 1.23. The van der Waals surface area contributed by atoms with Crippen LogP contribution >= 0.6 is 11.6 Å². The van der Waals surface area contributed by atoms with E-state index in [0.29, 0.717) is 5.69 Å². The summed E-state index contributed by atoms with van der Waals surface area (Å²) in [4.78, 5) is 15.4. The number of alkyl halides is 3.